The van der Waals surface area contributed by atoms with Gasteiger partial charge in [-0.05, 0) is 31.5 Å². The summed E-state index contributed by atoms with van der Waals surface area (Å²) >= 11 is 0. The number of anilines is 1. The number of hydrogen-bond acceptors (Lipinski definition) is 6. The summed E-state index contributed by atoms with van der Waals surface area (Å²) in [6.45, 7) is 7.59. The van der Waals surface area contributed by atoms with E-state index in [2.05, 4.69) is 11.7 Å². The fourth-order valence-electron chi connectivity index (χ4n) is 3.62. The van der Waals surface area contributed by atoms with Gasteiger partial charge in [0.25, 0.3) is 5.78 Å². The van der Waals surface area contributed by atoms with Gasteiger partial charge >= 0.3 is 5.91 Å². The van der Waals surface area contributed by atoms with E-state index in [0.29, 0.717) is 29.2 Å². The Labute approximate surface area is 185 Å². The Morgan fingerprint density at radius 3 is 2.44 bits per heavy atom. The van der Waals surface area contributed by atoms with Gasteiger partial charge in [0.05, 0.1) is 11.6 Å². The maximum Gasteiger partial charge on any atom is 0.301 e. The molecule has 4 rings (SSSR count). The number of ether oxygens (including phenoxy) is 1. The first kappa shape index (κ1) is 21.1. The van der Waals surface area contributed by atoms with Crippen molar-refractivity contribution in [2.75, 3.05) is 11.5 Å². The normalized spacial score (nSPS) is 17.6. The third-order valence-electron chi connectivity index (χ3n) is 5.20. The molecule has 0 spiro atoms. The fraction of sp³-hybridized carbons (Fsp3) is 0.160. The summed E-state index contributed by atoms with van der Waals surface area (Å²) in [5, 5.41) is 15.0. The molecule has 2 aromatic carbocycles. The molecule has 1 amide bonds. The number of aliphatic hydroxyl groups excluding tert-OH is 1. The molecule has 1 aromatic heterocycles. The quantitative estimate of drug-likeness (QED) is 0.268. The summed E-state index contributed by atoms with van der Waals surface area (Å²) in [6.07, 6.45) is 1.64. The molecule has 1 atom stereocenters. The first-order valence-corrected chi connectivity index (χ1v) is 10.1. The summed E-state index contributed by atoms with van der Waals surface area (Å²) in [6, 6.07) is 14.7. The highest BCUT2D eigenvalue weighted by atomic mass is 16.5. The van der Waals surface area contributed by atoms with Gasteiger partial charge in [-0.3, -0.25) is 14.5 Å². The number of carbonyl (C=O) groups is 2. The third kappa shape index (κ3) is 3.80. The standard InChI is InChI=1S/C25H22N2O5/c1-4-13-31-19-11-9-17(10-12-19)22-21(23(28)18-7-5-15(2)6-8-18)24(29)25(30)27(22)20-14-16(3)32-26-20/h4-12,14,22,28H,1,13H2,2-3H3. The highest BCUT2D eigenvalue weighted by Gasteiger charge is 2.48. The Morgan fingerprint density at radius 2 is 1.84 bits per heavy atom. The molecule has 0 bridgehead atoms. The Balaban J connectivity index is 1.86. The number of aryl methyl sites for hydroxylation is 2. The van der Waals surface area contributed by atoms with Gasteiger partial charge in [0, 0.05) is 11.6 Å². The van der Waals surface area contributed by atoms with Crippen LogP contribution in [0.15, 0.2) is 77.3 Å². The van der Waals surface area contributed by atoms with Gasteiger partial charge in [-0.2, -0.15) is 0 Å². The van der Waals surface area contributed by atoms with Crippen molar-refractivity contribution in [1.82, 2.24) is 5.16 Å². The van der Waals surface area contributed by atoms with Crippen LogP contribution in [-0.2, 0) is 9.59 Å². The van der Waals surface area contributed by atoms with Crippen LogP contribution in [0.1, 0.15) is 28.5 Å². The smallest absolute Gasteiger partial charge is 0.301 e. The van der Waals surface area contributed by atoms with E-state index in [1.54, 1.807) is 55.5 Å². The predicted molar refractivity (Wildman–Crippen MR) is 119 cm³/mol. The number of carbonyl (C=O) groups excluding carboxylic acids is 2. The van der Waals surface area contributed by atoms with Gasteiger partial charge in [0.1, 0.15) is 23.9 Å². The number of rotatable bonds is 6. The zero-order chi connectivity index (χ0) is 22.8. The molecule has 0 radical (unpaired) electrons. The van der Waals surface area contributed by atoms with E-state index in [1.807, 2.05) is 19.1 Å². The van der Waals surface area contributed by atoms with Crippen LogP contribution in [0, 0.1) is 13.8 Å². The number of aliphatic hydroxyl groups is 1. The van der Waals surface area contributed by atoms with E-state index in [1.165, 1.54) is 4.90 Å². The summed E-state index contributed by atoms with van der Waals surface area (Å²) < 4.78 is 10.7. The molecule has 162 valence electrons. The van der Waals surface area contributed by atoms with Gasteiger partial charge in [-0.1, -0.05) is 59.8 Å². The second-order valence-electron chi connectivity index (χ2n) is 7.50. The van der Waals surface area contributed by atoms with Crippen LogP contribution in [0.5, 0.6) is 5.75 Å². The van der Waals surface area contributed by atoms with Crippen molar-refractivity contribution in [3.05, 3.63) is 95.3 Å². The summed E-state index contributed by atoms with van der Waals surface area (Å²) in [4.78, 5) is 27.3. The number of hydrogen-bond donors (Lipinski definition) is 1. The monoisotopic (exact) mass is 430 g/mol. The topological polar surface area (TPSA) is 92.9 Å². The number of benzene rings is 2. The number of Topliss-reactive ketones (excluding diaryl/α,β-unsaturated/α-hetero) is 1. The SMILES string of the molecule is C=CCOc1ccc(C2C(=C(O)c3ccc(C)cc3)C(=O)C(=O)N2c2cc(C)on2)cc1. The first-order chi connectivity index (χ1) is 15.4. The van der Waals surface area contributed by atoms with E-state index in [4.69, 9.17) is 9.26 Å². The molecule has 2 heterocycles. The first-order valence-electron chi connectivity index (χ1n) is 10.1. The van der Waals surface area contributed by atoms with Crippen LogP contribution in [-0.4, -0.2) is 28.6 Å². The van der Waals surface area contributed by atoms with Gasteiger partial charge < -0.3 is 14.4 Å². The van der Waals surface area contributed by atoms with E-state index in [0.717, 1.165) is 5.56 Å². The van der Waals surface area contributed by atoms with Gasteiger partial charge in [0.2, 0.25) is 0 Å². The maximum atomic E-state index is 13.1. The lowest BCUT2D eigenvalue weighted by atomic mass is 9.95. The van der Waals surface area contributed by atoms with Crippen molar-refractivity contribution in [2.45, 2.75) is 19.9 Å². The molecule has 1 N–H and O–H groups in total. The number of aromatic nitrogens is 1. The largest absolute Gasteiger partial charge is 0.507 e. The van der Waals surface area contributed by atoms with Crippen LogP contribution < -0.4 is 9.64 Å². The number of amides is 1. The lowest BCUT2D eigenvalue weighted by molar-refractivity contribution is -0.132. The van der Waals surface area contributed by atoms with Crippen LogP contribution in [0.2, 0.25) is 0 Å². The van der Waals surface area contributed by atoms with Gasteiger partial charge in [0.15, 0.2) is 5.82 Å². The highest BCUT2D eigenvalue weighted by molar-refractivity contribution is 6.51. The van der Waals surface area contributed by atoms with E-state index < -0.39 is 17.7 Å². The van der Waals surface area contributed by atoms with Crippen LogP contribution in [0.4, 0.5) is 5.82 Å². The molecule has 1 unspecified atom stereocenters. The summed E-state index contributed by atoms with van der Waals surface area (Å²) in [5.41, 5.74) is 2.05. The Kier molecular flexibility index (Phi) is 5.64. The van der Waals surface area contributed by atoms with Crippen LogP contribution >= 0.6 is 0 Å². The minimum absolute atomic E-state index is 0.0146. The second-order valence-corrected chi connectivity index (χ2v) is 7.50. The van der Waals surface area contributed by atoms with Gasteiger partial charge in [-0.25, -0.2) is 0 Å². The van der Waals surface area contributed by atoms with E-state index in [-0.39, 0.29) is 17.2 Å². The van der Waals surface area contributed by atoms with E-state index >= 15 is 0 Å². The molecule has 3 aromatic rings. The lowest BCUT2D eigenvalue weighted by Crippen LogP contribution is -2.29. The minimum atomic E-state index is -0.880. The molecular formula is C25H22N2O5. The third-order valence-corrected chi connectivity index (χ3v) is 5.20. The maximum absolute atomic E-state index is 13.1. The zero-order valence-electron chi connectivity index (χ0n) is 17.7. The van der Waals surface area contributed by atoms with Gasteiger partial charge in [-0.15, -0.1) is 0 Å². The zero-order valence-corrected chi connectivity index (χ0v) is 17.7. The Hall–Kier alpha value is -4.13. The van der Waals surface area contributed by atoms with Crippen molar-refractivity contribution in [2.24, 2.45) is 0 Å². The minimum Gasteiger partial charge on any atom is -0.507 e. The predicted octanol–water partition coefficient (Wildman–Crippen LogP) is 4.48. The average molecular weight is 430 g/mol. The van der Waals surface area contributed by atoms with Crippen LogP contribution in [0.25, 0.3) is 5.76 Å². The molecule has 7 heteroatoms. The Bertz CT molecular complexity index is 1210. The second kappa shape index (κ2) is 8.55. The van der Waals surface area contributed by atoms with Crippen molar-refractivity contribution in [1.29, 1.82) is 0 Å². The molecule has 1 aliphatic heterocycles. The summed E-state index contributed by atoms with van der Waals surface area (Å²) in [5.74, 6) is -0.522. The molecule has 1 fully saturated rings. The highest BCUT2D eigenvalue weighted by Crippen LogP contribution is 2.42. The molecule has 1 aliphatic rings. The Morgan fingerprint density at radius 1 is 1.16 bits per heavy atom. The van der Waals surface area contributed by atoms with Crippen LogP contribution in [0.3, 0.4) is 0 Å². The average Bonchev–Trinajstić information content (AvgIpc) is 3.33. The summed E-state index contributed by atoms with van der Waals surface area (Å²) in [7, 11) is 0. The fourth-order valence-corrected chi connectivity index (χ4v) is 3.62. The molecule has 1 saturated heterocycles. The van der Waals surface area contributed by atoms with Crippen molar-refractivity contribution >= 4 is 23.3 Å². The van der Waals surface area contributed by atoms with Crippen molar-refractivity contribution in [3.63, 3.8) is 0 Å². The molecule has 0 aliphatic carbocycles. The molecule has 7 nitrogen and oxygen atoms in total. The number of ketones is 1. The lowest BCUT2D eigenvalue weighted by Gasteiger charge is -2.23. The molecule has 32 heavy (non-hydrogen) atoms. The van der Waals surface area contributed by atoms with E-state index in [9.17, 15) is 14.7 Å². The molecule has 0 saturated carbocycles. The number of nitrogens with zero attached hydrogens (tertiary/aromatic N) is 2. The van der Waals surface area contributed by atoms with Crippen molar-refractivity contribution in [3.8, 4) is 5.75 Å². The van der Waals surface area contributed by atoms with Crippen molar-refractivity contribution < 1.29 is 24.0 Å². The molecular weight excluding hydrogens is 408 g/mol.